The minimum Gasteiger partial charge on any atom is -0.487 e. The lowest BCUT2D eigenvalue weighted by Gasteiger charge is -2.09. The van der Waals surface area contributed by atoms with Crippen LogP contribution in [0.15, 0.2) is 53.9 Å². The molecule has 1 aromatic heterocycles. The van der Waals surface area contributed by atoms with Gasteiger partial charge in [-0.25, -0.2) is 4.98 Å². The molecule has 0 aliphatic rings. The highest BCUT2D eigenvalue weighted by atomic mass is 35.5. The fraction of sp³-hybridized carbons (Fsp3) is 0.174. The first kappa shape index (κ1) is 22.5. The Bertz CT molecular complexity index is 1110. The minimum absolute atomic E-state index is 0.147. The van der Waals surface area contributed by atoms with Crippen LogP contribution in [0.3, 0.4) is 0 Å². The first-order chi connectivity index (χ1) is 14.9. The van der Waals surface area contributed by atoms with Crippen LogP contribution < -0.4 is 15.4 Å². The van der Waals surface area contributed by atoms with E-state index in [4.69, 9.17) is 16.3 Å². The molecule has 0 saturated carbocycles. The van der Waals surface area contributed by atoms with E-state index in [0.717, 1.165) is 21.8 Å². The van der Waals surface area contributed by atoms with E-state index in [1.807, 2.05) is 43.5 Å². The van der Waals surface area contributed by atoms with Crippen LogP contribution in [-0.4, -0.2) is 23.3 Å². The fourth-order valence-electron chi connectivity index (χ4n) is 2.68. The average Bonchev–Trinajstić information content (AvgIpc) is 3.18. The molecule has 3 rings (SSSR count). The molecule has 6 nitrogen and oxygen atoms in total. The molecule has 2 amide bonds. The summed E-state index contributed by atoms with van der Waals surface area (Å²) in [4.78, 5) is 28.5. The third kappa shape index (κ3) is 6.94. The average molecular weight is 456 g/mol. The van der Waals surface area contributed by atoms with Crippen LogP contribution in [0, 0.1) is 13.8 Å². The second-order valence-electron chi connectivity index (χ2n) is 6.73. The Hall–Kier alpha value is -3.16. The van der Waals surface area contributed by atoms with Crippen molar-refractivity contribution in [2.75, 3.05) is 11.9 Å². The number of anilines is 1. The van der Waals surface area contributed by atoms with E-state index >= 15 is 0 Å². The molecule has 0 unspecified atom stereocenters. The monoisotopic (exact) mass is 455 g/mol. The molecule has 1 heterocycles. The lowest BCUT2D eigenvalue weighted by molar-refractivity contribution is -0.121. The summed E-state index contributed by atoms with van der Waals surface area (Å²) in [6.45, 7) is 4.01. The maximum Gasteiger partial charge on any atom is 0.244 e. The number of hydrogen-bond acceptors (Lipinski definition) is 5. The van der Waals surface area contributed by atoms with Gasteiger partial charge in [0.15, 0.2) is 0 Å². The van der Waals surface area contributed by atoms with Crippen LogP contribution >= 0.6 is 22.9 Å². The van der Waals surface area contributed by atoms with E-state index in [1.165, 1.54) is 6.08 Å². The van der Waals surface area contributed by atoms with Gasteiger partial charge in [-0.1, -0.05) is 29.8 Å². The van der Waals surface area contributed by atoms with Gasteiger partial charge in [0, 0.05) is 22.2 Å². The van der Waals surface area contributed by atoms with Crippen molar-refractivity contribution in [3.63, 3.8) is 0 Å². The predicted octanol–water partition coefficient (Wildman–Crippen LogP) is 4.76. The van der Waals surface area contributed by atoms with Crippen LogP contribution in [0.1, 0.15) is 21.8 Å². The summed E-state index contributed by atoms with van der Waals surface area (Å²) >= 11 is 7.63. The van der Waals surface area contributed by atoms with E-state index in [1.54, 1.807) is 35.6 Å². The van der Waals surface area contributed by atoms with Gasteiger partial charge >= 0.3 is 0 Å². The van der Waals surface area contributed by atoms with Gasteiger partial charge in [0.25, 0.3) is 0 Å². The number of nitrogens with zero attached hydrogens (tertiary/aromatic N) is 1. The molecule has 0 atom stereocenters. The van der Waals surface area contributed by atoms with Gasteiger partial charge in [-0.15, -0.1) is 11.3 Å². The van der Waals surface area contributed by atoms with Crippen molar-refractivity contribution in [2.24, 2.45) is 0 Å². The largest absolute Gasteiger partial charge is 0.487 e. The van der Waals surface area contributed by atoms with Crippen molar-refractivity contribution in [1.29, 1.82) is 0 Å². The number of thiazole rings is 1. The van der Waals surface area contributed by atoms with Crippen molar-refractivity contribution in [3.8, 4) is 5.75 Å². The van der Waals surface area contributed by atoms with Gasteiger partial charge in [0.2, 0.25) is 11.8 Å². The fourth-order valence-corrected chi connectivity index (χ4v) is 3.45. The summed E-state index contributed by atoms with van der Waals surface area (Å²) in [6.07, 6.45) is 3.04. The molecule has 0 spiro atoms. The SMILES string of the molecule is Cc1nc(COc2cccc(/C=C/C(=O)NCC(=O)Nc3cccc(Cl)c3C)c2)cs1. The molecule has 0 aliphatic carbocycles. The molecule has 0 fully saturated rings. The second kappa shape index (κ2) is 10.7. The molecule has 2 N–H and O–H groups in total. The van der Waals surface area contributed by atoms with E-state index < -0.39 is 0 Å². The lowest BCUT2D eigenvalue weighted by atomic mass is 10.2. The zero-order valence-corrected chi connectivity index (χ0v) is 18.7. The highest BCUT2D eigenvalue weighted by Gasteiger charge is 2.07. The zero-order valence-electron chi connectivity index (χ0n) is 17.1. The Balaban J connectivity index is 1.48. The number of aryl methyl sites for hydroxylation is 1. The van der Waals surface area contributed by atoms with Gasteiger partial charge in [-0.3, -0.25) is 9.59 Å². The summed E-state index contributed by atoms with van der Waals surface area (Å²) in [7, 11) is 0. The van der Waals surface area contributed by atoms with E-state index in [9.17, 15) is 9.59 Å². The number of nitrogens with one attached hydrogen (secondary N) is 2. The summed E-state index contributed by atoms with van der Waals surface area (Å²) < 4.78 is 5.75. The third-order valence-electron chi connectivity index (χ3n) is 4.30. The molecule has 0 radical (unpaired) electrons. The molecule has 0 bridgehead atoms. The number of halogens is 1. The number of carbonyl (C=O) groups excluding carboxylic acids is 2. The molecule has 31 heavy (non-hydrogen) atoms. The Morgan fingerprint density at radius 1 is 1.19 bits per heavy atom. The van der Waals surface area contributed by atoms with Crippen molar-refractivity contribution in [3.05, 3.63) is 80.8 Å². The van der Waals surface area contributed by atoms with Crippen molar-refractivity contribution in [1.82, 2.24) is 10.3 Å². The molecule has 3 aromatic rings. The summed E-state index contributed by atoms with van der Waals surface area (Å²) in [5, 5.41) is 8.83. The molecule has 0 saturated heterocycles. The predicted molar refractivity (Wildman–Crippen MR) is 124 cm³/mol. The Labute approximate surface area is 189 Å². The van der Waals surface area contributed by atoms with Crippen LogP contribution in [0.25, 0.3) is 6.08 Å². The van der Waals surface area contributed by atoms with Crippen LogP contribution in [0.2, 0.25) is 5.02 Å². The normalized spacial score (nSPS) is 10.8. The smallest absolute Gasteiger partial charge is 0.244 e. The first-order valence-corrected chi connectivity index (χ1v) is 10.8. The molecular formula is C23H22ClN3O3S. The molecular weight excluding hydrogens is 434 g/mol. The number of ether oxygens (including phenoxy) is 1. The Morgan fingerprint density at radius 3 is 2.77 bits per heavy atom. The standard InChI is InChI=1S/C23H22ClN3O3S/c1-15-20(24)7-4-8-21(15)27-23(29)12-25-22(28)10-9-17-5-3-6-19(11-17)30-13-18-14-31-16(2)26-18/h3-11,14H,12-13H2,1-2H3,(H,25,28)(H,27,29)/b10-9+. The molecule has 160 valence electrons. The maximum atomic E-state index is 12.1. The molecule has 2 aromatic carbocycles. The van der Waals surface area contributed by atoms with E-state index in [2.05, 4.69) is 15.6 Å². The minimum atomic E-state index is -0.373. The number of rotatable bonds is 8. The molecule has 0 aliphatic heterocycles. The Kier molecular flexibility index (Phi) is 7.81. The molecule has 8 heteroatoms. The van der Waals surface area contributed by atoms with Gasteiger partial charge < -0.3 is 15.4 Å². The van der Waals surface area contributed by atoms with E-state index in [-0.39, 0.29) is 18.4 Å². The summed E-state index contributed by atoms with van der Waals surface area (Å²) in [5.74, 6) is -0.0218. The maximum absolute atomic E-state index is 12.1. The van der Waals surface area contributed by atoms with Crippen molar-refractivity contribution in [2.45, 2.75) is 20.5 Å². The van der Waals surface area contributed by atoms with Crippen LogP contribution in [-0.2, 0) is 16.2 Å². The lowest BCUT2D eigenvalue weighted by Crippen LogP contribution is -2.31. The Morgan fingerprint density at radius 2 is 2.00 bits per heavy atom. The first-order valence-electron chi connectivity index (χ1n) is 9.55. The van der Waals surface area contributed by atoms with Crippen LogP contribution in [0.4, 0.5) is 5.69 Å². The number of aromatic nitrogens is 1. The third-order valence-corrected chi connectivity index (χ3v) is 5.54. The summed E-state index contributed by atoms with van der Waals surface area (Å²) in [5.41, 5.74) is 3.08. The summed E-state index contributed by atoms with van der Waals surface area (Å²) in [6, 6.07) is 12.6. The number of hydrogen-bond donors (Lipinski definition) is 2. The van der Waals surface area contributed by atoms with Crippen LogP contribution in [0.5, 0.6) is 5.75 Å². The number of benzene rings is 2. The zero-order chi connectivity index (χ0) is 22.2. The van der Waals surface area contributed by atoms with Crippen molar-refractivity contribution >= 4 is 46.5 Å². The van der Waals surface area contributed by atoms with E-state index in [0.29, 0.717) is 23.1 Å². The van der Waals surface area contributed by atoms with Gasteiger partial charge in [0.1, 0.15) is 12.4 Å². The van der Waals surface area contributed by atoms with Gasteiger partial charge in [-0.2, -0.15) is 0 Å². The quantitative estimate of drug-likeness (QED) is 0.480. The number of carbonyl (C=O) groups is 2. The second-order valence-corrected chi connectivity index (χ2v) is 8.20. The van der Waals surface area contributed by atoms with Crippen molar-refractivity contribution < 1.29 is 14.3 Å². The van der Waals surface area contributed by atoms with Gasteiger partial charge in [-0.05, 0) is 55.3 Å². The topological polar surface area (TPSA) is 80.3 Å². The highest BCUT2D eigenvalue weighted by molar-refractivity contribution is 7.09. The highest BCUT2D eigenvalue weighted by Crippen LogP contribution is 2.22. The number of amides is 2. The van der Waals surface area contributed by atoms with Gasteiger partial charge in [0.05, 0.1) is 17.2 Å².